The maximum atomic E-state index is 11.6. The molecule has 0 bridgehead atoms. The van der Waals surface area contributed by atoms with Crippen molar-refractivity contribution < 1.29 is 14.3 Å². The second kappa shape index (κ2) is 7.63. The third-order valence-electron chi connectivity index (χ3n) is 3.70. The largest absolute Gasteiger partial charge is 0.497 e. The number of ether oxygens (including phenoxy) is 1. The number of nitrogens with one attached hydrogen (secondary N) is 1. The van der Waals surface area contributed by atoms with Crippen molar-refractivity contribution in [1.82, 2.24) is 9.88 Å². The predicted molar refractivity (Wildman–Crippen MR) is 95.2 cm³/mol. The Hall–Kier alpha value is -2.12. The fourth-order valence-electron chi connectivity index (χ4n) is 2.42. The van der Waals surface area contributed by atoms with Gasteiger partial charge in [0.15, 0.2) is 5.13 Å². The topological polar surface area (TPSA) is 71.5 Å². The number of methoxy groups -OCH3 is 1. The van der Waals surface area contributed by atoms with E-state index in [9.17, 15) is 9.59 Å². The lowest BCUT2D eigenvalue weighted by atomic mass is 10.2. The van der Waals surface area contributed by atoms with Crippen molar-refractivity contribution in [3.63, 3.8) is 0 Å². The molecule has 1 aromatic heterocycles. The number of amides is 2. The van der Waals surface area contributed by atoms with Crippen molar-refractivity contribution in [2.45, 2.75) is 26.3 Å². The lowest BCUT2D eigenvalue weighted by Gasteiger charge is -2.11. The summed E-state index contributed by atoms with van der Waals surface area (Å²) in [4.78, 5) is 29.0. The van der Waals surface area contributed by atoms with Crippen molar-refractivity contribution in [3.05, 3.63) is 34.8 Å². The lowest BCUT2D eigenvalue weighted by molar-refractivity contribution is -0.139. The quantitative estimate of drug-likeness (QED) is 0.821. The van der Waals surface area contributed by atoms with Crippen molar-refractivity contribution in [1.29, 1.82) is 0 Å². The Balaban J connectivity index is 0.00000208. The molecule has 0 spiro atoms. The van der Waals surface area contributed by atoms with E-state index >= 15 is 0 Å². The van der Waals surface area contributed by atoms with Gasteiger partial charge < -0.3 is 10.1 Å². The van der Waals surface area contributed by atoms with E-state index in [-0.39, 0.29) is 30.8 Å². The van der Waals surface area contributed by atoms with Crippen molar-refractivity contribution in [2.24, 2.45) is 0 Å². The van der Waals surface area contributed by atoms with E-state index < -0.39 is 0 Å². The summed E-state index contributed by atoms with van der Waals surface area (Å²) in [6.07, 6.45) is 0.609. The summed E-state index contributed by atoms with van der Waals surface area (Å²) in [6, 6.07) is 5.76. The van der Waals surface area contributed by atoms with Gasteiger partial charge in [0.2, 0.25) is 11.8 Å². The van der Waals surface area contributed by atoms with E-state index in [2.05, 4.69) is 10.3 Å². The molecule has 0 aliphatic carbocycles. The van der Waals surface area contributed by atoms with Gasteiger partial charge in [-0.05, 0) is 30.7 Å². The van der Waals surface area contributed by atoms with Gasteiger partial charge in [-0.2, -0.15) is 0 Å². The first-order chi connectivity index (χ1) is 11.1. The molecule has 1 aromatic carbocycles. The van der Waals surface area contributed by atoms with Crippen LogP contribution in [0.5, 0.6) is 5.75 Å². The first-order valence-electron chi connectivity index (χ1n) is 7.26. The predicted octanol–water partition coefficient (Wildman–Crippen LogP) is 3.27. The maximum absolute atomic E-state index is 11.6. The summed E-state index contributed by atoms with van der Waals surface area (Å²) in [5.74, 6) is 0.561. The molecule has 3 rings (SSSR count). The molecular weight excluding hydrogens is 350 g/mol. The van der Waals surface area contributed by atoms with Crippen LogP contribution < -0.4 is 10.1 Å². The fraction of sp³-hybridized carbons (Fsp3) is 0.312. The smallest absolute Gasteiger partial charge is 0.230 e. The van der Waals surface area contributed by atoms with Gasteiger partial charge in [0.25, 0.3) is 0 Å². The van der Waals surface area contributed by atoms with Gasteiger partial charge in [-0.3, -0.25) is 14.5 Å². The van der Waals surface area contributed by atoms with Gasteiger partial charge in [0.05, 0.1) is 19.3 Å². The molecule has 2 aromatic rings. The first-order valence-corrected chi connectivity index (χ1v) is 8.14. The molecule has 2 heterocycles. The Bertz CT molecular complexity index is 747. The number of hydrogen-bond donors (Lipinski definition) is 1. The molecule has 1 aliphatic heterocycles. The monoisotopic (exact) mass is 367 g/mol. The van der Waals surface area contributed by atoms with Gasteiger partial charge in [0.1, 0.15) is 5.75 Å². The summed E-state index contributed by atoms with van der Waals surface area (Å²) in [6.45, 7) is 2.23. The number of benzene rings is 1. The summed E-state index contributed by atoms with van der Waals surface area (Å²) in [5.41, 5.74) is 2.71. The fourth-order valence-corrected chi connectivity index (χ4v) is 3.13. The van der Waals surface area contributed by atoms with Gasteiger partial charge in [-0.25, -0.2) is 4.98 Å². The number of hydrogen-bond acceptors (Lipinski definition) is 6. The minimum absolute atomic E-state index is 0. The molecule has 8 heteroatoms. The number of halogens is 1. The molecule has 0 unspecified atom stereocenters. The number of nitrogens with zero attached hydrogens (tertiary/aromatic N) is 2. The number of carbonyl (C=O) groups excluding carboxylic acids is 2. The van der Waals surface area contributed by atoms with Gasteiger partial charge in [-0.1, -0.05) is 0 Å². The van der Waals surface area contributed by atoms with Crippen molar-refractivity contribution in [3.8, 4) is 5.75 Å². The third-order valence-corrected chi connectivity index (χ3v) is 4.51. The molecular formula is C16H18ClN3O3S. The van der Waals surface area contributed by atoms with Crippen LogP contribution in [0.1, 0.15) is 24.1 Å². The third kappa shape index (κ3) is 3.85. The van der Waals surface area contributed by atoms with E-state index in [0.717, 1.165) is 22.1 Å². The molecule has 1 saturated heterocycles. The average Bonchev–Trinajstić information content (AvgIpc) is 3.11. The molecule has 0 atom stereocenters. The number of imide groups is 1. The van der Waals surface area contributed by atoms with E-state index in [0.29, 0.717) is 18.5 Å². The molecule has 1 N–H and O–H groups in total. The van der Waals surface area contributed by atoms with E-state index in [1.165, 1.54) is 16.2 Å². The van der Waals surface area contributed by atoms with Crippen LogP contribution in [0, 0.1) is 6.92 Å². The zero-order valence-corrected chi connectivity index (χ0v) is 15.0. The lowest BCUT2D eigenvalue weighted by Crippen LogP contribution is -2.28. The van der Waals surface area contributed by atoms with Crippen LogP contribution in [0.4, 0.5) is 10.8 Å². The minimum atomic E-state index is -0.122. The molecule has 0 radical (unpaired) electrons. The van der Waals surface area contributed by atoms with Crippen LogP contribution in [0.2, 0.25) is 0 Å². The first kappa shape index (κ1) is 18.2. The Morgan fingerprint density at radius 3 is 2.62 bits per heavy atom. The summed E-state index contributed by atoms with van der Waals surface area (Å²) >= 11 is 1.45. The highest BCUT2D eigenvalue weighted by molar-refractivity contribution is 7.13. The Morgan fingerprint density at radius 2 is 2.00 bits per heavy atom. The number of aryl methyl sites for hydroxylation is 1. The number of likely N-dealkylation sites (tertiary alicyclic amines) is 1. The SMILES string of the molecule is COc1ccc(Nc2nc(CN3C(=O)CCC3=O)cs2)c(C)c1.Cl. The molecule has 0 saturated carbocycles. The van der Waals surface area contributed by atoms with E-state index in [4.69, 9.17) is 4.74 Å². The van der Waals surface area contributed by atoms with Crippen LogP contribution >= 0.6 is 23.7 Å². The van der Waals surface area contributed by atoms with Gasteiger partial charge in [0, 0.05) is 23.9 Å². The normalized spacial score (nSPS) is 13.8. The number of rotatable bonds is 5. The number of anilines is 2. The highest BCUT2D eigenvalue weighted by atomic mass is 35.5. The summed E-state index contributed by atoms with van der Waals surface area (Å²) < 4.78 is 5.19. The minimum Gasteiger partial charge on any atom is -0.497 e. The molecule has 2 amide bonds. The second-order valence-electron chi connectivity index (χ2n) is 5.32. The number of thiazole rings is 1. The molecule has 1 fully saturated rings. The van der Waals surface area contributed by atoms with Crippen LogP contribution in [0.3, 0.4) is 0 Å². The molecule has 6 nitrogen and oxygen atoms in total. The molecule has 24 heavy (non-hydrogen) atoms. The van der Waals surface area contributed by atoms with Crippen LogP contribution in [-0.2, 0) is 16.1 Å². The summed E-state index contributed by atoms with van der Waals surface area (Å²) in [5, 5.41) is 5.84. The van der Waals surface area contributed by atoms with Gasteiger partial charge in [-0.15, -0.1) is 23.7 Å². The zero-order valence-electron chi connectivity index (χ0n) is 13.4. The Labute approximate surface area is 150 Å². The highest BCUT2D eigenvalue weighted by Crippen LogP contribution is 2.27. The van der Waals surface area contributed by atoms with Crippen molar-refractivity contribution in [2.75, 3.05) is 12.4 Å². The Morgan fingerprint density at radius 1 is 1.29 bits per heavy atom. The van der Waals surface area contributed by atoms with Crippen LogP contribution in [0.25, 0.3) is 0 Å². The van der Waals surface area contributed by atoms with Crippen LogP contribution in [-0.4, -0.2) is 28.8 Å². The Kier molecular flexibility index (Phi) is 5.80. The molecule has 1 aliphatic rings. The van der Waals surface area contributed by atoms with Crippen LogP contribution in [0.15, 0.2) is 23.6 Å². The van der Waals surface area contributed by atoms with Gasteiger partial charge >= 0.3 is 0 Å². The number of carbonyl (C=O) groups is 2. The summed E-state index contributed by atoms with van der Waals surface area (Å²) in [7, 11) is 1.63. The zero-order chi connectivity index (χ0) is 16.4. The van der Waals surface area contributed by atoms with Crippen molar-refractivity contribution >= 4 is 46.4 Å². The maximum Gasteiger partial charge on any atom is 0.230 e. The molecule has 128 valence electrons. The van der Waals surface area contributed by atoms with E-state index in [1.807, 2.05) is 30.5 Å². The highest BCUT2D eigenvalue weighted by Gasteiger charge is 2.29. The second-order valence-corrected chi connectivity index (χ2v) is 6.18. The number of aromatic nitrogens is 1. The average molecular weight is 368 g/mol. The van der Waals surface area contributed by atoms with E-state index in [1.54, 1.807) is 7.11 Å². The standard InChI is InChI=1S/C16H17N3O3S.ClH/c1-10-7-12(22-2)3-4-13(10)18-16-17-11(9-23-16)8-19-14(20)5-6-15(19)21;/h3-4,7,9H,5-6,8H2,1-2H3,(H,17,18);1H.